The van der Waals surface area contributed by atoms with Gasteiger partial charge in [-0.3, -0.25) is 14.1 Å². The third-order valence-electron chi connectivity index (χ3n) is 8.43. The van der Waals surface area contributed by atoms with Gasteiger partial charge in [0, 0.05) is 12.8 Å². The van der Waals surface area contributed by atoms with Crippen LogP contribution in [0.1, 0.15) is 174 Å². The fourth-order valence-electron chi connectivity index (χ4n) is 5.39. The quantitative estimate of drug-likeness (QED) is 0.0188. The first-order chi connectivity index (χ1) is 24.7. The second-order valence-electron chi connectivity index (χ2n) is 13.5. The highest BCUT2D eigenvalue weighted by molar-refractivity contribution is 7.46. The van der Waals surface area contributed by atoms with Gasteiger partial charge in [0.25, 0.3) is 0 Å². The average Bonchev–Trinajstić information content (AvgIpc) is 3.09. The lowest BCUT2D eigenvalue weighted by molar-refractivity contribution is -0.161. The maximum Gasteiger partial charge on any atom is 0.469 e. The summed E-state index contributed by atoms with van der Waals surface area (Å²) >= 11 is 0. The van der Waals surface area contributed by atoms with Crippen molar-refractivity contribution in [1.82, 2.24) is 0 Å². The molecular weight excluding hydrogens is 667 g/mol. The highest BCUT2D eigenvalue weighted by atomic mass is 31.2. The summed E-state index contributed by atoms with van der Waals surface area (Å²) in [6, 6.07) is 0. The Morgan fingerprint density at radius 3 is 1.75 bits per heavy atom. The van der Waals surface area contributed by atoms with Crippen molar-refractivity contribution >= 4 is 19.8 Å². The Kier molecular flexibility index (Phi) is 34.9. The molecule has 0 aromatic carbocycles. The van der Waals surface area contributed by atoms with Gasteiger partial charge in [0.1, 0.15) is 6.61 Å². The average molecular weight is 741 g/mol. The second-order valence-corrected chi connectivity index (χ2v) is 14.7. The van der Waals surface area contributed by atoms with Gasteiger partial charge < -0.3 is 24.4 Å². The van der Waals surface area contributed by atoms with Crippen LogP contribution in [0.2, 0.25) is 0 Å². The van der Waals surface area contributed by atoms with Gasteiger partial charge in [0.15, 0.2) is 6.10 Å². The van der Waals surface area contributed by atoms with Crippen LogP contribution >= 0.6 is 7.82 Å². The van der Waals surface area contributed by atoms with E-state index in [2.05, 4.69) is 36.6 Å². The van der Waals surface area contributed by atoms with Gasteiger partial charge in [-0.15, -0.1) is 0 Å². The molecule has 0 saturated carbocycles. The molecule has 0 aromatic heterocycles. The van der Waals surface area contributed by atoms with Gasteiger partial charge in [-0.2, -0.15) is 0 Å². The Balaban J connectivity index is 4.12. The number of ether oxygens (including phenoxy) is 2. The highest BCUT2D eigenvalue weighted by Gasteiger charge is 2.22. The number of carbonyl (C=O) groups excluding carboxylic acids is 2. The Bertz CT molecular complexity index is 986. The second kappa shape index (κ2) is 36.3. The molecule has 1 unspecified atom stereocenters. The number of rotatable bonds is 36. The Hall–Kier alpha value is -2.03. The molecule has 0 aromatic rings. The molecular formula is C41H73O9P. The van der Waals surface area contributed by atoms with Gasteiger partial charge in [-0.1, -0.05) is 165 Å². The molecule has 0 aliphatic rings. The number of allylic oxidation sites excluding steroid dienone is 6. The zero-order chi connectivity index (χ0) is 37.7. The van der Waals surface area contributed by atoms with E-state index in [0.29, 0.717) is 25.7 Å². The van der Waals surface area contributed by atoms with E-state index in [1.165, 1.54) is 89.9 Å². The van der Waals surface area contributed by atoms with Gasteiger partial charge in [0.05, 0.1) is 12.7 Å². The van der Waals surface area contributed by atoms with E-state index in [1.54, 1.807) is 12.2 Å². The molecule has 0 radical (unpaired) electrons. The molecule has 10 heteroatoms. The van der Waals surface area contributed by atoms with E-state index in [1.807, 2.05) is 18.2 Å². The number of carbonyl (C=O) groups is 2. The predicted octanol–water partition coefficient (Wildman–Crippen LogP) is 10.9. The van der Waals surface area contributed by atoms with Crippen molar-refractivity contribution in [2.45, 2.75) is 187 Å². The normalized spacial score (nSPS) is 13.6. The van der Waals surface area contributed by atoms with Crippen molar-refractivity contribution < 1.29 is 43.0 Å². The van der Waals surface area contributed by atoms with Gasteiger partial charge in [0.2, 0.25) is 0 Å². The molecule has 0 rings (SSSR count). The predicted molar refractivity (Wildman–Crippen MR) is 208 cm³/mol. The lowest BCUT2D eigenvalue weighted by atomic mass is 10.0. The molecule has 0 heterocycles. The van der Waals surface area contributed by atoms with Crippen LogP contribution in [0.3, 0.4) is 0 Å². The van der Waals surface area contributed by atoms with E-state index >= 15 is 0 Å². The third kappa shape index (κ3) is 39.0. The van der Waals surface area contributed by atoms with Crippen molar-refractivity contribution in [3.05, 3.63) is 48.6 Å². The standard InChI is InChI=1S/C41H73O9P/c1-3-5-7-9-11-13-14-15-16-17-18-20-22-26-31-35-41(44)50-39(37-49-51(45,46)47)36-48-40(43)34-30-27-23-25-29-33-38(42)32-28-24-21-19-12-10-8-6-4-2/h12,19,23-25,28-29,33,38-39,42H,3-11,13-18,20-22,26-27,30-32,34-37H2,1-2H3,(H2,45,46,47)/b19-12-,25-23+,28-24-,33-29-/t38?,39-/m1/s1. The summed E-state index contributed by atoms with van der Waals surface area (Å²) in [6.07, 6.45) is 40.0. The number of aliphatic hydroxyl groups excluding tert-OH is 1. The summed E-state index contributed by atoms with van der Waals surface area (Å²) in [6.45, 7) is 3.53. The molecule has 3 N–H and O–H groups in total. The molecule has 0 fully saturated rings. The number of phosphoric ester groups is 1. The summed E-state index contributed by atoms with van der Waals surface area (Å²) in [5.74, 6) is -1.01. The van der Waals surface area contributed by atoms with Crippen molar-refractivity contribution in [2.24, 2.45) is 0 Å². The maximum atomic E-state index is 12.4. The van der Waals surface area contributed by atoms with Crippen LogP contribution in [-0.2, 0) is 28.2 Å². The van der Waals surface area contributed by atoms with Crippen molar-refractivity contribution in [3.8, 4) is 0 Å². The molecule has 0 aliphatic heterocycles. The number of esters is 2. The molecule has 9 nitrogen and oxygen atoms in total. The highest BCUT2D eigenvalue weighted by Crippen LogP contribution is 2.36. The van der Waals surface area contributed by atoms with Gasteiger partial charge >= 0.3 is 19.8 Å². The zero-order valence-electron chi connectivity index (χ0n) is 32.1. The minimum Gasteiger partial charge on any atom is -0.462 e. The molecule has 2 atom stereocenters. The Morgan fingerprint density at radius 1 is 0.608 bits per heavy atom. The van der Waals surface area contributed by atoms with Crippen LogP contribution in [0.5, 0.6) is 0 Å². The summed E-state index contributed by atoms with van der Waals surface area (Å²) < 4.78 is 26.2. The molecule has 0 aliphatic carbocycles. The van der Waals surface area contributed by atoms with E-state index in [9.17, 15) is 19.3 Å². The largest absolute Gasteiger partial charge is 0.469 e. The lowest BCUT2D eigenvalue weighted by Gasteiger charge is -2.18. The molecule has 0 spiro atoms. The minimum absolute atomic E-state index is 0.133. The van der Waals surface area contributed by atoms with Gasteiger partial charge in [-0.25, -0.2) is 4.57 Å². The fourth-order valence-corrected chi connectivity index (χ4v) is 5.75. The molecule has 0 amide bonds. The summed E-state index contributed by atoms with van der Waals surface area (Å²) in [5, 5.41) is 10.1. The fraction of sp³-hybridized carbons (Fsp3) is 0.756. The van der Waals surface area contributed by atoms with Gasteiger partial charge in [-0.05, 0) is 44.9 Å². The van der Waals surface area contributed by atoms with Crippen LogP contribution in [0.4, 0.5) is 0 Å². The topological polar surface area (TPSA) is 140 Å². The minimum atomic E-state index is -4.78. The summed E-state index contributed by atoms with van der Waals surface area (Å²) in [4.78, 5) is 42.7. The van der Waals surface area contributed by atoms with E-state index in [4.69, 9.17) is 19.3 Å². The third-order valence-corrected chi connectivity index (χ3v) is 8.92. The summed E-state index contributed by atoms with van der Waals surface area (Å²) in [5.41, 5.74) is 0. The van der Waals surface area contributed by atoms with E-state index < -0.39 is 38.6 Å². The van der Waals surface area contributed by atoms with Crippen LogP contribution in [0.25, 0.3) is 0 Å². The SMILES string of the molecule is CCCCC/C=C\C/C=C\CC(O)/C=C\C=C\CCCC(=O)OC[C@H](COP(=O)(O)O)OC(=O)CCCCCCCCCCCCCCCCC. The molecule has 296 valence electrons. The lowest BCUT2D eigenvalue weighted by Crippen LogP contribution is -2.29. The zero-order valence-corrected chi connectivity index (χ0v) is 33.0. The molecule has 0 saturated heterocycles. The smallest absolute Gasteiger partial charge is 0.462 e. The maximum absolute atomic E-state index is 12.4. The van der Waals surface area contributed by atoms with E-state index in [-0.39, 0.29) is 19.4 Å². The number of phosphoric acid groups is 1. The first kappa shape index (κ1) is 49.0. The van der Waals surface area contributed by atoms with Crippen LogP contribution in [-0.4, -0.2) is 52.3 Å². The molecule has 0 bridgehead atoms. The van der Waals surface area contributed by atoms with E-state index in [0.717, 1.165) is 32.1 Å². The Morgan fingerprint density at radius 2 is 1.14 bits per heavy atom. The Labute approximate surface area is 310 Å². The monoisotopic (exact) mass is 740 g/mol. The van der Waals surface area contributed by atoms with Crippen LogP contribution in [0.15, 0.2) is 48.6 Å². The van der Waals surface area contributed by atoms with Crippen molar-refractivity contribution in [3.63, 3.8) is 0 Å². The molecule has 51 heavy (non-hydrogen) atoms. The number of hydrogen-bond donors (Lipinski definition) is 3. The van der Waals surface area contributed by atoms with Crippen LogP contribution in [0, 0.1) is 0 Å². The number of hydrogen-bond acceptors (Lipinski definition) is 7. The van der Waals surface area contributed by atoms with Crippen LogP contribution < -0.4 is 0 Å². The van der Waals surface area contributed by atoms with Crippen molar-refractivity contribution in [2.75, 3.05) is 13.2 Å². The summed E-state index contributed by atoms with van der Waals surface area (Å²) in [7, 11) is -4.78. The number of unbranched alkanes of at least 4 members (excludes halogenated alkanes) is 18. The first-order valence-corrected chi connectivity index (χ1v) is 21.6. The first-order valence-electron chi connectivity index (χ1n) is 20.0. The van der Waals surface area contributed by atoms with Crippen molar-refractivity contribution in [1.29, 1.82) is 0 Å². The number of aliphatic hydroxyl groups is 1.